The number of alkyl halides is 3. The van der Waals surface area contributed by atoms with Crippen LogP contribution >= 0.6 is 11.8 Å². The summed E-state index contributed by atoms with van der Waals surface area (Å²) in [5.41, 5.74) is 2.42. The van der Waals surface area contributed by atoms with E-state index >= 15 is 0 Å². The zero-order valence-electron chi connectivity index (χ0n) is 18.7. The van der Waals surface area contributed by atoms with Crippen molar-refractivity contribution in [3.63, 3.8) is 0 Å². The van der Waals surface area contributed by atoms with Gasteiger partial charge in [-0.15, -0.1) is 11.8 Å². The van der Waals surface area contributed by atoms with Gasteiger partial charge in [-0.1, -0.05) is 38.1 Å². The van der Waals surface area contributed by atoms with Crippen LogP contribution in [-0.4, -0.2) is 34.7 Å². The molecular weight excluding hydrogens is 435 g/mol. The Morgan fingerprint density at radius 3 is 2.44 bits per heavy atom. The maximum absolute atomic E-state index is 12.9. The first-order valence-electron chi connectivity index (χ1n) is 10.9. The first-order chi connectivity index (χ1) is 15.2. The van der Waals surface area contributed by atoms with Crippen molar-refractivity contribution in [2.45, 2.75) is 57.5 Å². The lowest BCUT2D eigenvalue weighted by atomic mass is 9.96. The van der Waals surface area contributed by atoms with E-state index in [2.05, 4.69) is 26.0 Å². The highest BCUT2D eigenvalue weighted by molar-refractivity contribution is 8.15. The van der Waals surface area contributed by atoms with Crippen molar-refractivity contribution in [1.29, 1.82) is 0 Å². The van der Waals surface area contributed by atoms with E-state index in [4.69, 9.17) is 14.8 Å². The Hall–Kier alpha value is -1.99. The van der Waals surface area contributed by atoms with E-state index < -0.39 is 11.7 Å². The number of hydrogen-bond donors (Lipinski definition) is 1. The molecule has 7 heteroatoms. The number of aryl methyl sites for hydroxylation is 2. The summed E-state index contributed by atoms with van der Waals surface area (Å²) < 4.78 is 44.1. The van der Waals surface area contributed by atoms with E-state index in [9.17, 15) is 13.2 Å². The lowest BCUT2D eigenvalue weighted by Gasteiger charge is -2.20. The molecule has 1 heterocycles. The Morgan fingerprint density at radius 2 is 1.84 bits per heavy atom. The summed E-state index contributed by atoms with van der Waals surface area (Å²) in [5.74, 6) is 1.16. The summed E-state index contributed by atoms with van der Waals surface area (Å²) in [6.45, 7) is 6.57. The molecule has 0 fully saturated rings. The molecule has 0 saturated carbocycles. The summed E-state index contributed by atoms with van der Waals surface area (Å²) in [6.07, 6.45) is -1.39. The van der Waals surface area contributed by atoms with Gasteiger partial charge in [-0.2, -0.15) is 13.2 Å². The highest BCUT2D eigenvalue weighted by Gasteiger charge is 2.33. The Bertz CT molecular complexity index is 926. The minimum absolute atomic E-state index is 0.00615. The van der Waals surface area contributed by atoms with Crippen molar-refractivity contribution in [1.82, 2.24) is 0 Å². The number of halogens is 3. The summed E-state index contributed by atoms with van der Waals surface area (Å²) in [5, 5.41) is 10.1. The van der Waals surface area contributed by atoms with Gasteiger partial charge in [0.1, 0.15) is 12.4 Å². The molecule has 2 aromatic carbocycles. The second-order valence-electron chi connectivity index (χ2n) is 8.46. The van der Waals surface area contributed by atoms with Crippen LogP contribution in [-0.2, 0) is 12.6 Å². The van der Waals surface area contributed by atoms with Gasteiger partial charge < -0.3 is 9.84 Å². The maximum Gasteiger partial charge on any atom is 0.416 e. The van der Waals surface area contributed by atoms with Crippen LogP contribution in [0.5, 0.6) is 5.75 Å². The van der Waals surface area contributed by atoms with Crippen LogP contribution < -0.4 is 4.74 Å². The number of aliphatic hydroxyl groups excluding tert-OH is 1. The standard InChI is InChI=1S/C25H30F3NO2S/c1-16(2)23-22(6-4-5-18-7-12-21(17(3)15-18)31-14-13-30)32-24(29-23)19-8-10-20(11-9-19)25(26,27)28/h7-12,15-16,22-23,30H,4-6,13-14H2,1-3H3. The summed E-state index contributed by atoms with van der Waals surface area (Å²) >= 11 is 1.69. The molecular formula is C25H30F3NO2S. The van der Waals surface area contributed by atoms with Crippen molar-refractivity contribution in [3.05, 3.63) is 64.7 Å². The van der Waals surface area contributed by atoms with Gasteiger partial charge in [-0.05, 0) is 61.4 Å². The Morgan fingerprint density at radius 1 is 1.12 bits per heavy atom. The summed E-state index contributed by atoms with van der Waals surface area (Å²) in [6, 6.07) is 11.6. The van der Waals surface area contributed by atoms with E-state index in [0.29, 0.717) is 11.2 Å². The number of nitrogens with zero attached hydrogens (tertiary/aromatic N) is 1. The molecule has 0 saturated heterocycles. The molecule has 0 amide bonds. The van der Waals surface area contributed by atoms with Gasteiger partial charge in [-0.3, -0.25) is 4.99 Å². The van der Waals surface area contributed by atoms with Crippen LogP contribution in [0.15, 0.2) is 47.5 Å². The number of benzene rings is 2. The molecule has 32 heavy (non-hydrogen) atoms. The zero-order valence-corrected chi connectivity index (χ0v) is 19.5. The molecule has 2 aromatic rings. The van der Waals surface area contributed by atoms with Crippen LogP contribution in [0.25, 0.3) is 0 Å². The van der Waals surface area contributed by atoms with Crippen molar-refractivity contribution >= 4 is 16.8 Å². The Kier molecular flexibility index (Phi) is 8.28. The van der Waals surface area contributed by atoms with Crippen LogP contribution in [0.2, 0.25) is 0 Å². The third kappa shape index (κ3) is 6.29. The summed E-state index contributed by atoms with van der Waals surface area (Å²) in [4.78, 5) is 4.87. The van der Waals surface area contributed by atoms with Gasteiger partial charge in [-0.25, -0.2) is 0 Å². The minimum atomic E-state index is -4.33. The molecule has 0 spiro atoms. The molecule has 0 aliphatic carbocycles. The minimum Gasteiger partial charge on any atom is -0.491 e. The van der Waals surface area contributed by atoms with Gasteiger partial charge in [0, 0.05) is 10.8 Å². The van der Waals surface area contributed by atoms with Crippen molar-refractivity contribution in [2.24, 2.45) is 10.9 Å². The lowest BCUT2D eigenvalue weighted by Crippen LogP contribution is -2.23. The molecule has 0 radical (unpaired) electrons. The number of aliphatic imine (C=N–C) groups is 1. The van der Waals surface area contributed by atoms with Gasteiger partial charge in [0.05, 0.1) is 23.3 Å². The van der Waals surface area contributed by atoms with Crippen LogP contribution in [0, 0.1) is 12.8 Å². The molecule has 0 bridgehead atoms. The smallest absolute Gasteiger partial charge is 0.416 e. The molecule has 0 aromatic heterocycles. The van der Waals surface area contributed by atoms with E-state index in [0.717, 1.165) is 53.3 Å². The van der Waals surface area contributed by atoms with E-state index in [1.807, 2.05) is 13.0 Å². The summed E-state index contributed by atoms with van der Waals surface area (Å²) in [7, 11) is 0. The predicted molar refractivity (Wildman–Crippen MR) is 125 cm³/mol. The van der Waals surface area contributed by atoms with Crippen LogP contribution in [0.3, 0.4) is 0 Å². The second-order valence-corrected chi connectivity index (χ2v) is 9.69. The number of hydrogen-bond acceptors (Lipinski definition) is 4. The van der Waals surface area contributed by atoms with Crippen molar-refractivity contribution in [2.75, 3.05) is 13.2 Å². The average Bonchev–Trinajstić information content (AvgIpc) is 3.17. The fourth-order valence-corrected chi connectivity index (χ4v) is 5.45. The fourth-order valence-electron chi connectivity index (χ4n) is 3.91. The first kappa shape index (κ1) is 24.6. The molecule has 174 valence electrons. The van der Waals surface area contributed by atoms with E-state index in [1.54, 1.807) is 11.8 Å². The van der Waals surface area contributed by atoms with Gasteiger partial charge >= 0.3 is 6.18 Å². The average molecular weight is 466 g/mol. The highest BCUT2D eigenvalue weighted by Crippen LogP contribution is 2.38. The van der Waals surface area contributed by atoms with E-state index in [-0.39, 0.29) is 19.3 Å². The molecule has 1 N–H and O–H groups in total. The van der Waals surface area contributed by atoms with Crippen molar-refractivity contribution < 1.29 is 23.0 Å². The quantitative estimate of drug-likeness (QED) is 0.473. The monoisotopic (exact) mass is 465 g/mol. The third-order valence-electron chi connectivity index (χ3n) is 5.59. The van der Waals surface area contributed by atoms with Gasteiger partial charge in [0.15, 0.2) is 0 Å². The first-order valence-corrected chi connectivity index (χ1v) is 11.8. The molecule has 1 aliphatic heterocycles. The maximum atomic E-state index is 12.9. The van der Waals surface area contributed by atoms with Gasteiger partial charge in [0.2, 0.25) is 0 Å². The number of thioether (sulfide) groups is 1. The predicted octanol–water partition coefficient (Wildman–Crippen LogP) is 6.29. The zero-order chi connectivity index (χ0) is 23.3. The van der Waals surface area contributed by atoms with Crippen LogP contribution in [0.1, 0.15) is 48.9 Å². The molecule has 2 unspecified atom stereocenters. The Labute approximate surface area is 192 Å². The number of rotatable bonds is 9. The molecule has 1 aliphatic rings. The van der Waals surface area contributed by atoms with Crippen molar-refractivity contribution in [3.8, 4) is 5.75 Å². The fraction of sp³-hybridized carbons (Fsp3) is 0.480. The SMILES string of the molecule is Cc1cc(CCCC2SC(c3ccc(C(F)(F)F)cc3)=NC2C(C)C)ccc1OCCO. The molecule has 3 nitrogen and oxygen atoms in total. The molecule has 2 atom stereocenters. The third-order valence-corrected chi connectivity index (χ3v) is 6.98. The number of ether oxygens (including phenoxy) is 1. The molecule has 3 rings (SSSR count). The second kappa shape index (κ2) is 10.8. The highest BCUT2D eigenvalue weighted by atomic mass is 32.2. The topological polar surface area (TPSA) is 41.8 Å². The normalized spacial score (nSPS) is 18.8. The Balaban J connectivity index is 1.59. The number of aliphatic hydroxyl groups is 1. The van der Waals surface area contributed by atoms with Crippen LogP contribution in [0.4, 0.5) is 13.2 Å². The van der Waals surface area contributed by atoms with E-state index in [1.165, 1.54) is 17.7 Å². The lowest BCUT2D eigenvalue weighted by molar-refractivity contribution is -0.137. The van der Waals surface area contributed by atoms with Gasteiger partial charge in [0.25, 0.3) is 0 Å². The largest absolute Gasteiger partial charge is 0.491 e.